The molecule has 1 aromatic heterocycles. The molecule has 1 aliphatic rings. The number of para-hydroxylation sites is 1. The number of benzene rings is 1. The number of urea groups is 1. The summed E-state index contributed by atoms with van der Waals surface area (Å²) in [5.41, 5.74) is 3.17. The monoisotopic (exact) mass is 314 g/mol. The maximum Gasteiger partial charge on any atom is 0.344 e. The molecule has 2 aromatic rings. The van der Waals surface area contributed by atoms with E-state index in [1.165, 1.54) is 0 Å². The lowest BCUT2D eigenvalue weighted by Gasteiger charge is -2.19. The third-order valence-corrected chi connectivity index (χ3v) is 4.23. The number of fused-ring (bicyclic) bond motifs is 1. The first kappa shape index (κ1) is 15.1. The molecule has 0 aliphatic carbocycles. The van der Waals surface area contributed by atoms with Crippen molar-refractivity contribution in [2.24, 2.45) is 0 Å². The Labute approximate surface area is 133 Å². The van der Waals surface area contributed by atoms with Crippen LogP contribution in [0.25, 0.3) is 10.9 Å². The maximum absolute atomic E-state index is 12.2. The van der Waals surface area contributed by atoms with E-state index in [-0.39, 0.29) is 6.42 Å². The van der Waals surface area contributed by atoms with Crippen molar-refractivity contribution in [1.29, 1.82) is 0 Å². The van der Waals surface area contributed by atoms with Crippen molar-refractivity contribution in [1.82, 2.24) is 20.7 Å². The molecule has 0 radical (unpaired) electrons. The van der Waals surface area contributed by atoms with Crippen molar-refractivity contribution in [3.63, 3.8) is 0 Å². The topological polar surface area (TPSA) is 94.3 Å². The third kappa shape index (κ3) is 2.54. The van der Waals surface area contributed by atoms with Crippen molar-refractivity contribution in [3.05, 3.63) is 36.0 Å². The molecule has 4 amide bonds. The number of amides is 4. The summed E-state index contributed by atoms with van der Waals surface area (Å²) in [6.07, 6.45) is 2.28. The molecule has 7 heteroatoms. The van der Waals surface area contributed by atoms with Gasteiger partial charge in [0, 0.05) is 17.1 Å². The number of hydrogen-bond acceptors (Lipinski definition) is 3. The molecule has 0 saturated carbocycles. The van der Waals surface area contributed by atoms with Crippen molar-refractivity contribution in [2.75, 3.05) is 0 Å². The van der Waals surface area contributed by atoms with Crippen LogP contribution >= 0.6 is 0 Å². The van der Waals surface area contributed by atoms with Crippen LogP contribution in [-0.2, 0) is 16.0 Å². The second-order valence-corrected chi connectivity index (χ2v) is 5.83. The molecule has 0 bridgehead atoms. The highest BCUT2D eigenvalue weighted by atomic mass is 16.2. The van der Waals surface area contributed by atoms with E-state index >= 15 is 0 Å². The molecule has 3 rings (SSSR count). The van der Waals surface area contributed by atoms with Crippen LogP contribution in [0, 0.1) is 0 Å². The van der Waals surface area contributed by atoms with Gasteiger partial charge in [0.1, 0.15) is 5.54 Å². The fraction of sp³-hybridized carbons (Fsp3) is 0.312. The highest BCUT2D eigenvalue weighted by Crippen LogP contribution is 2.20. The predicted octanol–water partition coefficient (Wildman–Crippen LogP) is 1.46. The second-order valence-electron chi connectivity index (χ2n) is 5.83. The molecule has 1 aliphatic heterocycles. The quantitative estimate of drug-likeness (QED) is 0.746. The summed E-state index contributed by atoms with van der Waals surface area (Å²) in [7, 11) is 0. The summed E-state index contributed by atoms with van der Waals surface area (Å²) in [4.78, 5) is 39.4. The summed E-state index contributed by atoms with van der Waals surface area (Å²) in [5.74, 6) is -0.865. The van der Waals surface area contributed by atoms with Crippen molar-refractivity contribution in [2.45, 2.75) is 32.2 Å². The Kier molecular flexibility index (Phi) is 3.55. The molecule has 1 fully saturated rings. The molecule has 1 aromatic carbocycles. The summed E-state index contributed by atoms with van der Waals surface area (Å²) >= 11 is 0. The Morgan fingerprint density at radius 2 is 2.04 bits per heavy atom. The molecule has 1 saturated heterocycles. The van der Waals surface area contributed by atoms with Crippen LogP contribution in [0.1, 0.15) is 25.8 Å². The van der Waals surface area contributed by atoms with Gasteiger partial charge in [-0.1, -0.05) is 25.1 Å². The van der Waals surface area contributed by atoms with Crippen LogP contribution in [-0.4, -0.2) is 33.4 Å². The van der Waals surface area contributed by atoms with Gasteiger partial charge in [-0.25, -0.2) is 4.79 Å². The van der Waals surface area contributed by atoms with E-state index in [1.54, 1.807) is 20.0 Å². The number of hydrazine groups is 1. The molecule has 7 nitrogen and oxygen atoms in total. The number of carbonyl (C=O) groups excluding carboxylic acids is 3. The average Bonchev–Trinajstić information content (AvgIpc) is 3.03. The molecular formula is C16H18N4O3. The fourth-order valence-electron chi connectivity index (χ4n) is 2.64. The van der Waals surface area contributed by atoms with Crippen LogP contribution in [0.15, 0.2) is 30.5 Å². The number of carbonyl (C=O) groups is 3. The zero-order chi connectivity index (χ0) is 16.6. The molecule has 1 atom stereocenters. The molecule has 3 N–H and O–H groups in total. The lowest BCUT2D eigenvalue weighted by atomic mass is 10.00. The number of nitrogens with one attached hydrogen (secondary N) is 3. The maximum atomic E-state index is 12.2. The Morgan fingerprint density at radius 1 is 1.30 bits per heavy atom. The zero-order valence-corrected chi connectivity index (χ0v) is 13.0. The van der Waals surface area contributed by atoms with E-state index in [4.69, 9.17) is 0 Å². The summed E-state index contributed by atoms with van der Waals surface area (Å²) < 4.78 is 0. The fourth-order valence-corrected chi connectivity index (χ4v) is 2.64. The number of H-pyrrole nitrogens is 1. The first-order valence-electron chi connectivity index (χ1n) is 7.46. The van der Waals surface area contributed by atoms with Crippen molar-refractivity contribution in [3.8, 4) is 0 Å². The van der Waals surface area contributed by atoms with Gasteiger partial charge < -0.3 is 10.3 Å². The van der Waals surface area contributed by atoms with Gasteiger partial charge in [0.15, 0.2) is 0 Å². The molecule has 2 heterocycles. The number of imide groups is 1. The first-order valence-corrected chi connectivity index (χ1v) is 7.46. The second kappa shape index (κ2) is 5.42. The number of aromatic nitrogens is 1. The largest absolute Gasteiger partial charge is 0.361 e. The van der Waals surface area contributed by atoms with Crippen molar-refractivity contribution < 1.29 is 14.4 Å². The number of nitrogens with zero attached hydrogens (tertiary/aromatic N) is 1. The van der Waals surface area contributed by atoms with Crippen LogP contribution in [0.5, 0.6) is 0 Å². The molecule has 23 heavy (non-hydrogen) atoms. The Balaban J connectivity index is 1.73. The van der Waals surface area contributed by atoms with E-state index < -0.39 is 23.4 Å². The average molecular weight is 314 g/mol. The highest BCUT2D eigenvalue weighted by molar-refractivity contribution is 6.07. The predicted molar refractivity (Wildman–Crippen MR) is 84.2 cm³/mol. The van der Waals surface area contributed by atoms with E-state index in [0.717, 1.165) is 21.5 Å². The lowest BCUT2D eigenvalue weighted by Crippen LogP contribution is -2.49. The summed E-state index contributed by atoms with van der Waals surface area (Å²) in [5, 5.41) is 4.30. The SMILES string of the molecule is CC[C@@]1(C)NC(=O)N(NC(=O)Cc2c[nH]c3ccccc23)C1=O. The van der Waals surface area contributed by atoms with Gasteiger partial charge in [-0.05, 0) is 25.0 Å². The zero-order valence-electron chi connectivity index (χ0n) is 13.0. The van der Waals surface area contributed by atoms with Gasteiger partial charge >= 0.3 is 6.03 Å². The number of aromatic amines is 1. The highest BCUT2D eigenvalue weighted by Gasteiger charge is 2.47. The Bertz CT molecular complexity index is 797. The molecule has 0 unspecified atom stereocenters. The summed E-state index contributed by atoms with van der Waals surface area (Å²) in [6.45, 7) is 3.44. The van der Waals surface area contributed by atoms with Crippen molar-refractivity contribution >= 4 is 28.7 Å². The number of rotatable bonds is 4. The minimum Gasteiger partial charge on any atom is -0.361 e. The number of hydrogen-bond donors (Lipinski definition) is 3. The van der Waals surface area contributed by atoms with Crippen LogP contribution in [0.2, 0.25) is 0 Å². The smallest absolute Gasteiger partial charge is 0.344 e. The molecule has 0 spiro atoms. The Hall–Kier alpha value is -2.83. The summed E-state index contributed by atoms with van der Waals surface area (Å²) in [6, 6.07) is 7.02. The minimum absolute atomic E-state index is 0.0733. The van der Waals surface area contributed by atoms with Crippen LogP contribution < -0.4 is 10.7 Å². The van der Waals surface area contributed by atoms with E-state index in [1.807, 2.05) is 24.3 Å². The normalized spacial score (nSPS) is 20.9. The van der Waals surface area contributed by atoms with Gasteiger partial charge in [-0.2, -0.15) is 5.01 Å². The molecule has 120 valence electrons. The Morgan fingerprint density at radius 3 is 2.74 bits per heavy atom. The van der Waals surface area contributed by atoms with Crippen LogP contribution in [0.3, 0.4) is 0 Å². The van der Waals surface area contributed by atoms with Gasteiger partial charge in [-0.15, -0.1) is 0 Å². The first-order chi connectivity index (χ1) is 10.9. The van der Waals surface area contributed by atoms with E-state index in [0.29, 0.717) is 6.42 Å². The van der Waals surface area contributed by atoms with E-state index in [9.17, 15) is 14.4 Å². The standard InChI is InChI=1S/C16H18N4O3/c1-3-16(2)14(22)20(15(23)18-16)19-13(21)8-10-9-17-12-7-5-4-6-11(10)12/h4-7,9,17H,3,8H2,1-2H3,(H,18,23)(H,19,21)/t16-/m1/s1. The van der Waals surface area contributed by atoms with Gasteiger partial charge in [0.05, 0.1) is 6.42 Å². The van der Waals surface area contributed by atoms with E-state index in [2.05, 4.69) is 15.7 Å². The lowest BCUT2D eigenvalue weighted by molar-refractivity contribution is -0.138. The third-order valence-electron chi connectivity index (χ3n) is 4.23. The van der Waals surface area contributed by atoms with Crippen LogP contribution in [0.4, 0.5) is 4.79 Å². The minimum atomic E-state index is -0.967. The van der Waals surface area contributed by atoms with Gasteiger partial charge in [0.2, 0.25) is 5.91 Å². The van der Waals surface area contributed by atoms with Gasteiger partial charge in [-0.3, -0.25) is 15.0 Å². The molecular weight excluding hydrogens is 296 g/mol. The van der Waals surface area contributed by atoms with Gasteiger partial charge in [0.25, 0.3) is 5.91 Å².